The van der Waals surface area contributed by atoms with Crippen molar-refractivity contribution in [3.05, 3.63) is 11.6 Å². The molecule has 0 radical (unpaired) electrons. The molecule has 0 heterocycles. The predicted octanol–water partition coefficient (Wildman–Crippen LogP) is 4.31. The van der Waals surface area contributed by atoms with Crippen molar-refractivity contribution in [3.63, 3.8) is 0 Å². The average molecular weight is 154 g/mol. The SMILES string of the molecule is CC=C(C)CCCCCCC. The summed E-state index contributed by atoms with van der Waals surface area (Å²) in [5.41, 5.74) is 1.54. The Labute approximate surface area is 71.7 Å². The van der Waals surface area contributed by atoms with Gasteiger partial charge in [-0.15, -0.1) is 0 Å². The molecule has 11 heavy (non-hydrogen) atoms. The first-order valence-corrected chi connectivity index (χ1v) is 4.93. The average Bonchev–Trinajstić information content (AvgIpc) is 2.04. The molecule has 0 aromatic heterocycles. The van der Waals surface area contributed by atoms with Gasteiger partial charge in [0.25, 0.3) is 0 Å². The van der Waals surface area contributed by atoms with E-state index in [1.165, 1.54) is 38.5 Å². The van der Waals surface area contributed by atoms with Gasteiger partial charge in [-0.3, -0.25) is 0 Å². The highest BCUT2D eigenvalue weighted by atomic mass is 14.0. The van der Waals surface area contributed by atoms with E-state index in [9.17, 15) is 0 Å². The van der Waals surface area contributed by atoms with E-state index in [0.29, 0.717) is 0 Å². The summed E-state index contributed by atoms with van der Waals surface area (Å²) < 4.78 is 0. The fourth-order valence-electron chi connectivity index (χ4n) is 1.15. The van der Waals surface area contributed by atoms with Crippen LogP contribution in [0.5, 0.6) is 0 Å². The second-order valence-electron chi connectivity index (χ2n) is 3.30. The first-order chi connectivity index (χ1) is 5.31. The van der Waals surface area contributed by atoms with Gasteiger partial charge in [0.2, 0.25) is 0 Å². The van der Waals surface area contributed by atoms with Crippen molar-refractivity contribution in [1.82, 2.24) is 0 Å². The summed E-state index contributed by atoms with van der Waals surface area (Å²) in [5, 5.41) is 0. The van der Waals surface area contributed by atoms with E-state index in [0.717, 1.165) is 0 Å². The monoisotopic (exact) mass is 154 g/mol. The maximum absolute atomic E-state index is 2.26. The van der Waals surface area contributed by atoms with Gasteiger partial charge in [-0.25, -0.2) is 0 Å². The second kappa shape index (κ2) is 7.84. The topological polar surface area (TPSA) is 0 Å². The molecule has 0 unspecified atom stereocenters. The zero-order valence-electron chi connectivity index (χ0n) is 8.32. The van der Waals surface area contributed by atoms with E-state index in [1.54, 1.807) is 5.57 Å². The summed E-state index contributed by atoms with van der Waals surface area (Å²) >= 11 is 0. The third-order valence-electron chi connectivity index (χ3n) is 2.17. The van der Waals surface area contributed by atoms with Gasteiger partial charge in [-0.05, 0) is 26.7 Å². The molecule has 0 aliphatic rings. The molecule has 0 saturated carbocycles. The van der Waals surface area contributed by atoms with E-state index in [4.69, 9.17) is 0 Å². The molecule has 0 aliphatic heterocycles. The molecule has 0 nitrogen and oxygen atoms in total. The van der Waals surface area contributed by atoms with Crippen LogP contribution in [0.25, 0.3) is 0 Å². The standard InChI is InChI=1S/C11H22/c1-4-6-7-8-9-10-11(3)5-2/h5H,4,6-10H2,1-3H3. The van der Waals surface area contributed by atoms with E-state index in [-0.39, 0.29) is 0 Å². The molecule has 0 heteroatoms. The predicted molar refractivity (Wildman–Crippen MR) is 52.8 cm³/mol. The zero-order valence-corrected chi connectivity index (χ0v) is 8.32. The Hall–Kier alpha value is -0.260. The second-order valence-corrected chi connectivity index (χ2v) is 3.30. The Kier molecular flexibility index (Phi) is 7.66. The fourth-order valence-corrected chi connectivity index (χ4v) is 1.15. The van der Waals surface area contributed by atoms with Crippen molar-refractivity contribution in [2.75, 3.05) is 0 Å². The number of hydrogen-bond acceptors (Lipinski definition) is 0. The van der Waals surface area contributed by atoms with Crippen LogP contribution >= 0.6 is 0 Å². The smallest absolute Gasteiger partial charge is 0.0323 e. The lowest BCUT2D eigenvalue weighted by atomic mass is 10.1. The van der Waals surface area contributed by atoms with Crippen molar-refractivity contribution in [2.24, 2.45) is 0 Å². The van der Waals surface area contributed by atoms with Gasteiger partial charge in [0, 0.05) is 0 Å². The first-order valence-electron chi connectivity index (χ1n) is 4.93. The highest BCUT2D eigenvalue weighted by Crippen LogP contribution is 2.09. The lowest BCUT2D eigenvalue weighted by molar-refractivity contribution is 0.630. The summed E-state index contributed by atoms with van der Waals surface area (Å²) in [7, 11) is 0. The molecule has 0 bridgehead atoms. The van der Waals surface area contributed by atoms with Crippen molar-refractivity contribution in [3.8, 4) is 0 Å². The summed E-state index contributed by atoms with van der Waals surface area (Å²) in [6.45, 7) is 6.61. The van der Waals surface area contributed by atoms with E-state index in [2.05, 4.69) is 26.8 Å². The van der Waals surface area contributed by atoms with Crippen molar-refractivity contribution < 1.29 is 0 Å². The maximum atomic E-state index is 2.26. The largest absolute Gasteiger partial charge is 0.0887 e. The minimum atomic E-state index is 1.31. The molecule has 0 aromatic carbocycles. The van der Waals surface area contributed by atoms with Crippen LogP contribution in [-0.4, -0.2) is 0 Å². The van der Waals surface area contributed by atoms with Crippen LogP contribution in [0.15, 0.2) is 11.6 Å². The normalized spacial score (nSPS) is 12.1. The summed E-state index contributed by atoms with van der Waals surface area (Å²) in [6.07, 6.45) is 10.5. The van der Waals surface area contributed by atoms with Gasteiger partial charge < -0.3 is 0 Å². The molecule has 66 valence electrons. The quantitative estimate of drug-likeness (QED) is 0.395. The third-order valence-corrected chi connectivity index (χ3v) is 2.17. The van der Waals surface area contributed by atoms with Crippen LogP contribution < -0.4 is 0 Å². The van der Waals surface area contributed by atoms with E-state index >= 15 is 0 Å². The molecule has 0 spiro atoms. The minimum Gasteiger partial charge on any atom is -0.0887 e. The Morgan fingerprint density at radius 3 is 2.27 bits per heavy atom. The Balaban J connectivity index is 3.02. The lowest BCUT2D eigenvalue weighted by Crippen LogP contribution is -1.79. The number of unbranched alkanes of at least 4 members (excludes halogenated alkanes) is 4. The van der Waals surface area contributed by atoms with Crippen LogP contribution in [0.2, 0.25) is 0 Å². The van der Waals surface area contributed by atoms with Crippen LogP contribution in [0.4, 0.5) is 0 Å². The molecule has 0 amide bonds. The third kappa shape index (κ3) is 7.64. The summed E-state index contributed by atoms with van der Waals surface area (Å²) in [5.74, 6) is 0. The van der Waals surface area contributed by atoms with Gasteiger partial charge >= 0.3 is 0 Å². The maximum Gasteiger partial charge on any atom is -0.0323 e. The Morgan fingerprint density at radius 2 is 1.73 bits per heavy atom. The molecule has 0 fully saturated rings. The van der Waals surface area contributed by atoms with Crippen LogP contribution in [0, 0.1) is 0 Å². The van der Waals surface area contributed by atoms with E-state index < -0.39 is 0 Å². The molecule has 0 N–H and O–H groups in total. The lowest BCUT2D eigenvalue weighted by Gasteiger charge is -1.99. The van der Waals surface area contributed by atoms with E-state index in [1.807, 2.05) is 0 Å². The molecule has 0 atom stereocenters. The van der Waals surface area contributed by atoms with Crippen molar-refractivity contribution >= 4 is 0 Å². The molecule has 0 aliphatic carbocycles. The number of allylic oxidation sites excluding steroid dienone is 2. The summed E-state index contributed by atoms with van der Waals surface area (Å²) in [4.78, 5) is 0. The highest BCUT2D eigenvalue weighted by molar-refractivity contribution is 4.94. The number of rotatable bonds is 6. The van der Waals surface area contributed by atoms with Crippen molar-refractivity contribution in [1.29, 1.82) is 0 Å². The van der Waals surface area contributed by atoms with Crippen LogP contribution in [0.3, 0.4) is 0 Å². The van der Waals surface area contributed by atoms with Gasteiger partial charge in [-0.1, -0.05) is 44.3 Å². The number of hydrogen-bond donors (Lipinski definition) is 0. The van der Waals surface area contributed by atoms with Gasteiger partial charge in [0.1, 0.15) is 0 Å². The molecule has 0 saturated heterocycles. The van der Waals surface area contributed by atoms with Crippen LogP contribution in [-0.2, 0) is 0 Å². The molecular weight excluding hydrogens is 132 g/mol. The van der Waals surface area contributed by atoms with Gasteiger partial charge in [-0.2, -0.15) is 0 Å². The molecule has 0 rings (SSSR count). The van der Waals surface area contributed by atoms with Crippen LogP contribution in [0.1, 0.15) is 59.3 Å². The van der Waals surface area contributed by atoms with Crippen molar-refractivity contribution in [2.45, 2.75) is 59.3 Å². The van der Waals surface area contributed by atoms with Gasteiger partial charge in [0.05, 0.1) is 0 Å². The first kappa shape index (κ1) is 10.7. The minimum absolute atomic E-state index is 1.31. The highest BCUT2D eigenvalue weighted by Gasteiger charge is 1.89. The Bertz CT molecular complexity index is 101. The fraction of sp³-hybridized carbons (Fsp3) is 0.818. The zero-order chi connectivity index (χ0) is 8.53. The molecule has 0 aromatic rings. The summed E-state index contributed by atoms with van der Waals surface area (Å²) in [6, 6.07) is 0. The Morgan fingerprint density at radius 1 is 1.09 bits per heavy atom. The molecular formula is C11H22. The van der Waals surface area contributed by atoms with Gasteiger partial charge in [0.15, 0.2) is 0 Å².